The van der Waals surface area contributed by atoms with Crippen LogP contribution < -0.4 is 4.90 Å². The number of benzene rings is 1. The van der Waals surface area contributed by atoms with Crippen LogP contribution >= 0.6 is 0 Å². The minimum atomic E-state index is -0.201. The van der Waals surface area contributed by atoms with E-state index in [4.69, 9.17) is 0 Å². The number of hydrazone groups is 1. The summed E-state index contributed by atoms with van der Waals surface area (Å²) in [4.78, 5) is 27.7. The first-order valence-electron chi connectivity index (χ1n) is 9.59. The fourth-order valence-electron chi connectivity index (χ4n) is 4.66. The molecule has 0 radical (unpaired) electrons. The molecule has 1 saturated heterocycles. The lowest BCUT2D eigenvalue weighted by molar-refractivity contribution is -0.140. The minimum absolute atomic E-state index is 0.130. The molecular formula is C21H25N3O2. The smallest absolute Gasteiger partial charge is 0.254 e. The quantitative estimate of drug-likeness (QED) is 0.465. The Morgan fingerprint density at radius 1 is 1.00 bits per heavy atom. The summed E-state index contributed by atoms with van der Waals surface area (Å²) in [6.07, 6.45) is 7.88. The number of allylic oxidation sites excluding steroid dienone is 2. The van der Waals surface area contributed by atoms with E-state index in [-0.39, 0.29) is 35.5 Å². The zero-order chi connectivity index (χ0) is 18.3. The van der Waals surface area contributed by atoms with E-state index in [1.807, 2.05) is 24.3 Å². The van der Waals surface area contributed by atoms with Gasteiger partial charge in [-0.2, -0.15) is 10.1 Å². The maximum absolute atomic E-state index is 12.7. The average molecular weight is 351 g/mol. The van der Waals surface area contributed by atoms with E-state index >= 15 is 0 Å². The van der Waals surface area contributed by atoms with Crippen molar-refractivity contribution in [3.8, 4) is 0 Å². The van der Waals surface area contributed by atoms with Gasteiger partial charge in [-0.25, -0.2) is 0 Å². The monoisotopic (exact) mass is 351 g/mol. The zero-order valence-electron chi connectivity index (χ0n) is 15.3. The fraction of sp³-hybridized carbons (Fsp3) is 0.476. The SMILES string of the molecule is CCN(CC)c1ccc(/C=N\N2C(=O)[C@@H]3[C@H](C2=O)[C@H]2C=C[C@H]3CC2)cc1. The molecule has 1 saturated carbocycles. The van der Waals surface area contributed by atoms with E-state index in [1.54, 1.807) is 6.21 Å². The third kappa shape index (κ3) is 2.66. The number of hydrogen-bond acceptors (Lipinski definition) is 4. The summed E-state index contributed by atoms with van der Waals surface area (Å²) in [5, 5.41) is 5.38. The largest absolute Gasteiger partial charge is 0.372 e. The molecule has 0 aromatic heterocycles. The molecule has 5 rings (SSSR count). The van der Waals surface area contributed by atoms with Crippen LogP contribution in [-0.4, -0.2) is 36.1 Å². The van der Waals surface area contributed by atoms with Crippen molar-refractivity contribution in [1.82, 2.24) is 5.01 Å². The second-order valence-electron chi connectivity index (χ2n) is 7.34. The first kappa shape index (κ1) is 17.0. The van der Waals surface area contributed by atoms with Crippen molar-refractivity contribution in [2.24, 2.45) is 28.8 Å². The highest BCUT2D eigenvalue weighted by Gasteiger charge is 2.56. The third-order valence-electron chi connectivity index (χ3n) is 6.08. The Hall–Kier alpha value is -2.43. The number of carbonyl (C=O) groups excluding carboxylic acids is 2. The Morgan fingerprint density at radius 3 is 2.00 bits per heavy atom. The number of hydrogen-bond donors (Lipinski definition) is 0. The second kappa shape index (κ2) is 6.71. The normalized spacial score (nSPS) is 29.7. The lowest BCUT2D eigenvalue weighted by atomic mass is 9.63. The number of carbonyl (C=O) groups is 2. The number of nitrogens with zero attached hydrogens (tertiary/aromatic N) is 3. The van der Waals surface area contributed by atoms with Crippen molar-refractivity contribution in [3.63, 3.8) is 0 Å². The van der Waals surface area contributed by atoms with Gasteiger partial charge in [0.15, 0.2) is 0 Å². The molecule has 0 N–H and O–H groups in total. The highest BCUT2D eigenvalue weighted by Crippen LogP contribution is 2.49. The van der Waals surface area contributed by atoms with E-state index in [1.165, 1.54) is 0 Å². The Kier molecular flexibility index (Phi) is 4.39. The van der Waals surface area contributed by atoms with Crippen molar-refractivity contribution in [2.45, 2.75) is 26.7 Å². The molecule has 1 heterocycles. The van der Waals surface area contributed by atoms with Crippen molar-refractivity contribution < 1.29 is 9.59 Å². The van der Waals surface area contributed by atoms with Crippen LogP contribution in [0.2, 0.25) is 0 Å². The molecule has 3 aliphatic carbocycles. The standard InChI is InChI=1S/C21H25N3O2/c1-3-23(4-2)17-11-5-14(6-12-17)13-22-24-20(25)18-15-7-8-16(10-9-15)19(18)21(24)26/h5-8,11-13,15-16,18-19H,3-4,9-10H2,1-2H3/b22-13-/t15-,16-,18-,19+/m0/s1. The fourth-order valence-corrected chi connectivity index (χ4v) is 4.66. The summed E-state index contributed by atoms with van der Waals surface area (Å²) < 4.78 is 0. The lowest BCUT2D eigenvalue weighted by Gasteiger charge is -2.37. The Morgan fingerprint density at radius 2 is 1.54 bits per heavy atom. The first-order chi connectivity index (χ1) is 12.6. The molecule has 2 amide bonds. The summed E-state index contributed by atoms with van der Waals surface area (Å²) >= 11 is 0. The van der Waals surface area contributed by atoms with Gasteiger partial charge in [0.05, 0.1) is 18.1 Å². The first-order valence-corrected chi connectivity index (χ1v) is 9.59. The molecule has 5 nitrogen and oxygen atoms in total. The number of rotatable bonds is 5. The van der Waals surface area contributed by atoms with Crippen LogP contribution in [-0.2, 0) is 9.59 Å². The van der Waals surface area contributed by atoms with Crippen molar-refractivity contribution in [3.05, 3.63) is 42.0 Å². The number of imide groups is 1. The molecule has 1 aliphatic heterocycles. The molecule has 5 heteroatoms. The van der Waals surface area contributed by atoms with Crippen LogP contribution in [0.3, 0.4) is 0 Å². The van der Waals surface area contributed by atoms with Gasteiger partial charge in [0.1, 0.15) is 0 Å². The molecular weight excluding hydrogens is 326 g/mol. The highest BCUT2D eigenvalue weighted by atomic mass is 16.2. The van der Waals surface area contributed by atoms with Crippen LogP contribution in [0.4, 0.5) is 5.69 Å². The van der Waals surface area contributed by atoms with Gasteiger partial charge in [-0.3, -0.25) is 9.59 Å². The summed E-state index contributed by atoms with van der Waals surface area (Å²) in [5.41, 5.74) is 2.05. The molecule has 1 aromatic carbocycles. The molecule has 2 bridgehead atoms. The maximum atomic E-state index is 12.7. The average Bonchev–Trinajstić information content (AvgIpc) is 2.96. The molecule has 136 valence electrons. The van der Waals surface area contributed by atoms with E-state index in [0.717, 1.165) is 42.2 Å². The maximum Gasteiger partial charge on any atom is 0.254 e. The zero-order valence-corrected chi connectivity index (χ0v) is 15.3. The molecule has 0 unspecified atom stereocenters. The van der Waals surface area contributed by atoms with Gasteiger partial charge < -0.3 is 4.90 Å². The van der Waals surface area contributed by atoms with E-state index in [9.17, 15) is 9.59 Å². The molecule has 0 spiro atoms. The van der Waals surface area contributed by atoms with Gasteiger partial charge in [0.2, 0.25) is 0 Å². The van der Waals surface area contributed by atoms with Gasteiger partial charge in [-0.15, -0.1) is 0 Å². The topological polar surface area (TPSA) is 53.0 Å². The summed E-state index contributed by atoms with van der Waals surface area (Å²) in [6.45, 7) is 6.18. The summed E-state index contributed by atoms with van der Waals surface area (Å²) in [6, 6.07) is 8.04. The van der Waals surface area contributed by atoms with Crippen molar-refractivity contribution in [1.29, 1.82) is 0 Å². The summed E-state index contributed by atoms with van der Waals surface area (Å²) in [5.74, 6) is -0.253. The lowest BCUT2D eigenvalue weighted by Crippen LogP contribution is -2.38. The third-order valence-corrected chi connectivity index (χ3v) is 6.08. The molecule has 2 fully saturated rings. The van der Waals surface area contributed by atoms with Gasteiger partial charge in [-0.05, 0) is 56.2 Å². The van der Waals surface area contributed by atoms with Crippen molar-refractivity contribution in [2.75, 3.05) is 18.0 Å². The Bertz CT molecular complexity index is 732. The van der Waals surface area contributed by atoms with E-state index in [0.29, 0.717) is 0 Å². The minimum Gasteiger partial charge on any atom is -0.372 e. The van der Waals surface area contributed by atoms with Crippen LogP contribution in [0.5, 0.6) is 0 Å². The Balaban J connectivity index is 1.51. The molecule has 26 heavy (non-hydrogen) atoms. The number of fused-ring (bicyclic) bond motifs is 1. The van der Waals surface area contributed by atoms with Crippen molar-refractivity contribution >= 4 is 23.7 Å². The second-order valence-corrected chi connectivity index (χ2v) is 7.34. The number of amides is 2. The molecule has 1 aromatic rings. The van der Waals surface area contributed by atoms with E-state index in [2.05, 4.69) is 36.0 Å². The van der Waals surface area contributed by atoms with Gasteiger partial charge >= 0.3 is 0 Å². The van der Waals surface area contributed by atoms with Crippen LogP contribution in [0.15, 0.2) is 41.5 Å². The van der Waals surface area contributed by atoms with Crippen LogP contribution in [0.1, 0.15) is 32.3 Å². The van der Waals surface area contributed by atoms with Gasteiger partial charge in [0, 0.05) is 18.8 Å². The van der Waals surface area contributed by atoms with Crippen LogP contribution in [0.25, 0.3) is 0 Å². The summed E-state index contributed by atoms with van der Waals surface area (Å²) in [7, 11) is 0. The molecule has 4 aliphatic rings. The number of anilines is 1. The Labute approximate surface area is 154 Å². The van der Waals surface area contributed by atoms with Crippen LogP contribution in [0, 0.1) is 23.7 Å². The molecule has 4 atom stereocenters. The van der Waals surface area contributed by atoms with Gasteiger partial charge in [0.25, 0.3) is 11.8 Å². The van der Waals surface area contributed by atoms with Gasteiger partial charge in [-0.1, -0.05) is 24.3 Å². The predicted molar refractivity (Wildman–Crippen MR) is 102 cm³/mol. The highest BCUT2D eigenvalue weighted by molar-refractivity contribution is 6.06. The predicted octanol–water partition coefficient (Wildman–Crippen LogP) is 3.06. The van der Waals surface area contributed by atoms with E-state index < -0.39 is 0 Å².